The Morgan fingerprint density at radius 3 is 2.63 bits per heavy atom. The number of piperidine rings is 1. The number of carbonyl (C=O) groups is 1. The highest BCUT2D eigenvalue weighted by Crippen LogP contribution is 2.32. The molecular formula is C20H21FN6O3. The van der Waals surface area contributed by atoms with Crippen molar-refractivity contribution in [3.8, 4) is 11.8 Å². The minimum absolute atomic E-state index is 0.122. The number of rotatable bonds is 3. The van der Waals surface area contributed by atoms with Crippen molar-refractivity contribution < 1.29 is 18.7 Å². The minimum Gasteiger partial charge on any atom is -0.490 e. The fourth-order valence-corrected chi connectivity index (χ4v) is 3.90. The quantitative estimate of drug-likeness (QED) is 0.743. The number of pyridine rings is 1. The van der Waals surface area contributed by atoms with Crippen LogP contribution in [0, 0.1) is 17.1 Å². The molecule has 4 heterocycles. The summed E-state index contributed by atoms with van der Waals surface area (Å²) in [6, 6.07) is 2.08. The van der Waals surface area contributed by atoms with Crippen molar-refractivity contribution >= 4 is 11.9 Å². The number of fused-ring (bicyclic) bond motifs is 1. The molecular weight excluding hydrogens is 391 g/mol. The third-order valence-electron chi connectivity index (χ3n) is 5.59. The lowest BCUT2D eigenvalue weighted by molar-refractivity contribution is -0.158. The van der Waals surface area contributed by atoms with Crippen molar-refractivity contribution in [2.75, 3.05) is 38.3 Å². The van der Waals surface area contributed by atoms with Crippen LogP contribution in [0.2, 0.25) is 0 Å². The van der Waals surface area contributed by atoms with Crippen LogP contribution in [0.15, 0.2) is 24.8 Å². The number of hydrogen-bond acceptors (Lipinski definition) is 8. The lowest BCUT2D eigenvalue weighted by atomic mass is 9.89. The predicted octanol–water partition coefficient (Wildman–Crippen LogP) is 1.29. The standard InChI is InChI=1S/C20H21FN6O3/c1-29-20(2-4-26(5-3-20)19-24-11-16(21)12-25-19)18(28)27-6-7-30-17-14(8-22)9-23-10-15(17)13-27/h9-12H,2-7,13H2,1H3. The van der Waals surface area contributed by atoms with Gasteiger partial charge >= 0.3 is 0 Å². The van der Waals surface area contributed by atoms with Crippen molar-refractivity contribution in [1.29, 1.82) is 5.26 Å². The average molecular weight is 412 g/mol. The van der Waals surface area contributed by atoms with Crippen LogP contribution in [-0.4, -0.2) is 64.7 Å². The second kappa shape index (κ2) is 8.20. The van der Waals surface area contributed by atoms with Gasteiger partial charge in [-0.25, -0.2) is 14.4 Å². The van der Waals surface area contributed by atoms with Crippen LogP contribution >= 0.6 is 0 Å². The molecule has 1 fully saturated rings. The number of nitrogens with zero attached hydrogens (tertiary/aromatic N) is 6. The Kier molecular flexibility index (Phi) is 5.46. The number of hydrogen-bond donors (Lipinski definition) is 0. The smallest absolute Gasteiger partial charge is 0.255 e. The molecule has 0 saturated carbocycles. The Balaban J connectivity index is 1.50. The number of ether oxygens (including phenoxy) is 2. The van der Waals surface area contributed by atoms with E-state index in [4.69, 9.17) is 9.47 Å². The molecule has 0 spiro atoms. The van der Waals surface area contributed by atoms with E-state index in [2.05, 4.69) is 21.0 Å². The van der Waals surface area contributed by atoms with Gasteiger partial charge in [0.25, 0.3) is 5.91 Å². The molecule has 10 heteroatoms. The summed E-state index contributed by atoms with van der Waals surface area (Å²) in [4.78, 5) is 29.2. The van der Waals surface area contributed by atoms with Gasteiger partial charge in [-0.15, -0.1) is 0 Å². The van der Waals surface area contributed by atoms with Crippen LogP contribution in [0.25, 0.3) is 0 Å². The second-order valence-electron chi connectivity index (χ2n) is 7.25. The number of nitriles is 1. The highest BCUT2D eigenvalue weighted by Gasteiger charge is 2.45. The lowest BCUT2D eigenvalue weighted by Gasteiger charge is -2.41. The molecule has 156 valence electrons. The summed E-state index contributed by atoms with van der Waals surface area (Å²) in [5.74, 6) is 0.302. The number of methoxy groups -OCH3 is 1. The molecule has 2 aliphatic rings. The largest absolute Gasteiger partial charge is 0.490 e. The highest BCUT2D eigenvalue weighted by molar-refractivity contribution is 5.86. The van der Waals surface area contributed by atoms with E-state index in [1.54, 1.807) is 18.2 Å². The lowest BCUT2D eigenvalue weighted by Crippen LogP contribution is -2.56. The highest BCUT2D eigenvalue weighted by atomic mass is 19.1. The Hall–Kier alpha value is -3.32. The zero-order valence-corrected chi connectivity index (χ0v) is 16.5. The minimum atomic E-state index is -0.971. The van der Waals surface area contributed by atoms with E-state index in [9.17, 15) is 14.4 Å². The van der Waals surface area contributed by atoms with Crippen LogP contribution in [0.1, 0.15) is 24.0 Å². The van der Waals surface area contributed by atoms with Crippen molar-refractivity contribution in [2.45, 2.75) is 25.0 Å². The maximum absolute atomic E-state index is 13.5. The topological polar surface area (TPSA) is 104 Å². The maximum Gasteiger partial charge on any atom is 0.255 e. The van der Waals surface area contributed by atoms with E-state index < -0.39 is 11.4 Å². The van der Waals surface area contributed by atoms with Crippen LogP contribution in [0.4, 0.5) is 10.3 Å². The van der Waals surface area contributed by atoms with E-state index in [0.29, 0.717) is 61.8 Å². The number of aromatic nitrogens is 3. The molecule has 0 radical (unpaired) electrons. The van der Waals surface area contributed by atoms with Crippen molar-refractivity contribution in [3.05, 3.63) is 41.7 Å². The molecule has 0 bridgehead atoms. The third kappa shape index (κ3) is 3.64. The fraction of sp³-hybridized carbons (Fsp3) is 0.450. The molecule has 2 aromatic rings. The van der Waals surface area contributed by atoms with Gasteiger partial charge in [0.15, 0.2) is 5.82 Å². The molecule has 0 N–H and O–H groups in total. The van der Waals surface area contributed by atoms with Gasteiger partial charge in [0.1, 0.15) is 29.6 Å². The first-order valence-electron chi connectivity index (χ1n) is 9.63. The molecule has 0 aromatic carbocycles. The van der Waals surface area contributed by atoms with Gasteiger partial charge in [-0.1, -0.05) is 0 Å². The zero-order chi connectivity index (χ0) is 21.1. The first-order chi connectivity index (χ1) is 14.6. The summed E-state index contributed by atoms with van der Waals surface area (Å²) >= 11 is 0. The number of amides is 1. The summed E-state index contributed by atoms with van der Waals surface area (Å²) in [7, 11) is 1.54. The van der Waals surface area contributed by atoms with Gasteiger partial charge in [-0.2, -0.15) is 5.26 Å². The Labute approximate surface area is 173 Å². The summed E-state index contributed by atoms with van der Waals surface area (Å²) in [5, 5.41) is 9.27. The molecule has 4 rings (SSSR count). The van der Waals surface area contributed by atoms with Gasteiger partial charge in [0.05, 0.1) is 25.5 Å². The molecule has 0 unspecified atom stereocenters. The maximum atomic E-state index is 13.5. The van der Waals surface area contributed by atoms with E-state index in [1.807, 2.05) is 4.90 Å². The van der Waals surface area contributed by atoms with E-state index >= 15 is 0 Å². The first kappa shape index (κ1) is 20.0. The van der Waals surface area contributed by atoms with Crippen LogP contribution < -0.4 is 9.64 Å². The Morgan fingerprint density at radius 2 is 1.97 bits per heavy atom. The summed E-state index contributed by atoms with van der Waals surface area (Å²) in [6.07, 6.45) is 6.23. The van der Waals surface area contributed by atoms with Gasteiger partial charge in [0, 0.05) is 51.0 Å². The summed E-state index contributed by atoms with van der Waals surface area (Å²) < 4.78 is 24.6. The van der Waals surface area contributed by atoms with E-state index in [1.165, 1.54) is 6.20 Å². The van der Waals surface area contributed by atoms with E-state index in [-0.39, 0.29) is 12.5 Å². The van der Waals surface area contributed by atoms with Crippen molar-refractivity contribution in [2.24, 2.45) is 0 Å². The molecule has 0 atom stereocenters. The number of carbonyl (C=O) groups excluding carboxylic acids is 1. The molecule has 2 aromatic heterocycles. The SMILES string of the molecule is COC1(C(=O)N2CCOc3c(C#N)cncc3C2)CCN(c2ncc(F)cn2)CC1. The number of halogens is 1. The van der Waals surface area contributed by atoms with Crippen LogP contribution in [0.3, 0.4) is 0 Å². The van der Waals surface area contributed by atoms with Crippen molar-refractivity contribution in [3.63, 3.8) is 0 Å². The summed E-state index contributed by atoms with van der Waals surface area (Å²) in [5.41, 5.74) is 0.0838. The van der Waals surface area contributed by atoms with Crippen LogP contribution in [-0.2, 0) is 16.1 Å². The second-order valence-corrected chi connectivity index (χ2v) is 7.25. The first-order valence-corrected chi connectivity index (χ1v) is 9.63. The van der Waals surface area contributed by atoms with Gasteiger partial charge in [-0.3, -0.25) is 9.78 Å². The summed E-state index contributed by atoms with van der Waals surface area (Å²) in [6.45, 7) is 1.98. The molecule has 1 saturated heterocycles. The molecule has 1 amide bonds. The van der Waals surface area contributed by atoms with E-state index in [0.717, 1.165) is 12.4 Å². The number of anilines is 1. The molecule has 30 heavy (non-hydrogen) atoms. The monoisotopic (exact) mass is 412 g/mol. The van der Waals surface area contributed by atoms with Crippen LogP contribution in [0.5, 0.6) is 5.75 Å². The van der Waals surface area contributed by atoms with Gasteiger partial charge in [0.2, 0.25) is 5.95 Å². The zero-order valence-electron chi connectivity index (χ0n) is 16.5. The Morgan fingerprint density at radius 1 is 1.23 bits per heavy atom. The predicted molar refractivity (Wildman–Crippen MR) is 103 cm³/mol. The molecule has 2 aliphatic heterocycles. The third-order valence-corrected chi connectivity index (χ3v) is 5.59. The van der Waals surface area contributed by atoms with Gasteiger partial charge < -0.3 is 19.3 Å². The average Bonchev–Trinajstić information content (AvgIpc) is 3.01. The van der Waals surface area contributed by atoms with Gasteiger partial charge in [-0.05, 0) is 0 Å². The normalized spacial score (nSPS) is 18.0. The Bertz CT molecular complexity index is 969. The fourth-order valence-electron chi connectivity index (χ4n) is 3.90. The van der Waals surface area contributed by atoms with Crippen molar-refractivity contribution in [1.82, 2.24) is 19.9 Å². The molecule has 9 nitrogen and oxygen atoms in total. The molecule has 0 aliphatic carbocycles.